The molecule has 4 aliphatic rings. The first-order valence-electron chi connectivity index (χ1n) is 34.0. The zero-order valence-corrected chi connectivity index (χ0v) is 55.4. The van der Waals surface area contributed by atoms with Crippen LogP contribution in [0, 0.1) is 31.4 Å². The molecule has 0 unspecified atom stereocenters. The van der Waals surface area contributed by atoms with Gasteiger partial charge in [0.15, 0.2) is 11.4 Å². The molecule has 0 fully saturated rings. The summed E-state index contributed by atoms with van der Waals surface area (Å²) < 4.78 is 0. The van der Waals surface area contributed by atoms with Gasteiger partial charge in [-0.2, -0.15) is 5.26 Å². The van der Waals surface area contributed by atoms with Gasteiger partial charge in [0.1, 0.15) is 0 Å². The molecule has 14 rings (SSSR count). The smallest absolute Gasteiger partial charge is 0.261 e. The Balaban J connectivity index is 0.000000182. The maximum Gasteiger partial charge on any atom is 0.261 e. The average molecular weight is 1280 g/mol. The molecule has 0 aromatic heterocycles. The molecule has 0 saturated heterocycles. The molecular weight excluding hydrogens is 1200 g/mol. The standard InChI is InChI=1S/C40H36N4O4.C40H39N3O4.CH4/c1-6-8-10-12-21(3)43-37(45)26-17-15-25-34-30(42-5)19-29-33-27(38(46)44(40(29)48)22(4)13-11-9-7-2)16-14-24(36(33)34)31-23(20-41)18-28(39(43)47)32(26)35(25)31;1-7-9-11-13-22(4)42-37(44)26-18-16-25-34-30(41-6)20-29-33-27(38(45)43(40(29)47)23(5)14-12-10-8-2)17-15-24(36(33)34)31-21(3)19-28(39(42)46)32(26)35(25)31;/h14-19,21-22H,6-13H2,1-4H3;15-20,22-23H,7-14H2,1-5H3;1H4/t21-,22-;22-,23-;/m10./s1. The highest BCUT2D eigenvalue weighted by Crippen LogP contribution is 2.53. The van der Waals surface area contributed by atoms with E-state index in [1.807, 2.05) is 52.8 Å². The Labute approximate surface area is 559 Å². The van der Waals surface area contributed by atoms with Crippen LogP contribution in [-0.4, -0.2) is 91.0 Å². The van der Waals surface area contributed by atoms with Crippen LogP contribution in [0.4, 0.5) is 11.4 Å². The van der Waals surface area contributed by atoms with Crippen molar-refractivity contribution in [1.29, 1.82) is 5.26 Å². The molecule has 8 amide bonds. The van der Waals surface area contributed by atoms with Crippen LogP contribution in [0.2, 0.25) is 0 Å². The molecule has 4 heterocycles. The van der Waals surface area contributed by atoms with Crippen LogP contribution in [0.25, 0.3) is 95.9 Å². The third-order valence-corrected chi connectivity index (χ3v) is 21.0. The number of unbranched alkanes of at least 4 members (excludes halogenated alkanes) is 8. The van der Waals surface area contributed by atoms with Crippen molar-refractivity contribution in [2.75, 3.05) is 0 Å². The van der Waals surface area contributed by atoms with Gasteiger partial charge < -0.3 is 0 Å². The van der Waals surface area contributed by atoms with Gasteiger partial charge in [-0.15, -0.1) is 0 Å². The molecule has 0 aliphatic carbocycles. The van der Waals surface area contributed by atoms with Gasteiger partial charge in [0.05, 0.1) is 30.3 Å². The van der Waals surface area contributed by atoms with E-state index in [9.17, 15) is 43.6 Å². The van der Waals surface area contributed by atoms with E-state index in [4.69, 9.17) is 13.1 Å². The van der Waals surface area contributed by atoms with Gasteiger partial charge in [-0.1, -0.05) is 136 Å². The van der Waals surface area contributed by atoms with Crippen molar-refractivity contribution in [3.63, 3.8) is 0 Å². The predicted molar refractivity (Wildman–Crippen MR) is 380 cm³/mol. The lowest BCUT2D eigenvalue weighted by Crippen LogP contribution is -2.46. The number of hydrogen-bond donors (Lipinski definition) is 0. The number of carbonyl (C=O) groups is 8. The summed E-state index contributed by atoms with van der Waals surface area (Å²) in [5.74, 6) is -2.85. The van der Waals surface area contributed by atoms with E-state index < -0.39 is 11.8 Å². The van der Waals surface area contributed by atoms with Crippen LogP contribution in [0.3, 0.4) is 0 Å². The van der Waals surface area contributed by atoms with Crippen molar-refractivity contribution >= 4 is 145 Å². The first kappa shape index (κ1) is 65.9. The second-order valence-corrected chi connectivity index (χ2v) is 26.9. The van der Waals surface area contributed by atoms with Gasteiger partial charge in [-0.05, 0) is 174 Å². The lowest BCUT2D eigenvalue weighted by Gasteiger charge is -2.34. The summed E-state index contributed by atoms with van der Waals surface area (Å²) in [6, 6.07) is 22.3. The fraction of sp³-hybridized carbons (Fsp3) is 0.370. The fourth-order valence-corrected chi connectivity index (χ4v) is 16.3. The third kappa shape index (κ3) is 9.67. The monoisotopic (exact) mass is 1280 g/mol. The minimum atomic E-state index is -0.428. The first-order chi connectivity index (χ1) is 45.8. The van der Waals surface area contributed by atoms with Gasteiger partial charge in [-0.3, -0.25) is 58.0 Å². The lowest BCUT2D eigenvalue weighted by atomic mass is 9.80. The van der Waals surface area contributed by atoms with E-state index in [1.54, 1.807) is 54.6 Å². The number of fused-ring (bicyclic) bond motifs is 4. The number of aryl methyl sites for hydroxylation is 1. The Morgan fingerprint density at radius 3 is 0.917 bits per heavy atom. The van der Waals surface area contributed by atoms with Crippen molar-refractivity contribution < 1.29 is 38.4 Å². The third-order valence-electron chi connectivity index (χ3n) is 21.0. The number of hydrogen-bond acceptors (Lipinski definition) is 9. The SMILES string of the molecule is C.[C-]#[N+]c1cc2c3c(ccc4c5c(C#N)cc6c7c(ccc(c1c34)c75)C(=O)N([C@H](C)CCCCC)C6=O)C(=O)N([C@H](C)CCCCC)C2=O.[C-]#[N+]c1cc2c3c(ccc4c5c(C)cc6c7c(ccc(c1c34)c75)C(=O)N([C@@H](C)CCCCC)C6=O)C(=O)N([C@@H](C)CCCCC)C2=O. The first-order valence-corrected chi connectivity index (χ1v) is 34.0. The summed E-state index contributed by atoms with van der Waals surface area (Å²) in [5, 5.41) is 20.6. The van der Waals surface area contributed by atoms with Crippen molar-refractivity contribution in [2.45, 2.75) is 197 Å². The number of rotatable bonds is 20. The number of benzene rings is 10. The van der Waals surface area contributed by atoms with E-state index in [0.29, 0.717) is 128 Å². The van der Waals surface area contributed by atoms with Crippen LogP contribution in [0.15, 0.2) is 72.8 Å². The van der Waals surface area contributed by atoms with Gasteiger partial charge in [-0.25, -0.2) is 9.69 Å². The number of nitriles is 1. The van der Waals surface area contributed by atoms with Crippen molar-refractivity contribution in [3.05, 3.63) is 151 Å². The molecule has 0 saturated carbocycles. The van der Waals surface area contributed by atoms with Crippen molar-refractivity contribution in [3.8, 4) is 6.07 Å². The van der Waals surface area contributed by atoms with Gasteiger partial charge >= 0.3 is 0 Å². The van der Waals surface area contributed by atoms with Crippen LogP contribution in [0.5, 0.6) is 0 Å². The molecule has 0 radical (unpaired) electrons. The normalized spacial score (nSPS) is 15.6. The molecule has 0 bridgehead atoms. The molecule has 10 aromatic rings. The zero-order chi connectivity index (χ0) is 67.3. The maximum atomic E-state index is 14.1. The lowest BCUT2D eigenvalue weighted by molar-refractivity contribution is 0.0526. The molecule has 4 aliphatic heterocycles. The highest BCUT2D eigenvalue weighted by molar-refractivity contribution is 6.45. The summed E-state index contributed by atoms with van der Waals surface area (Å²) in [4.78, 5) is 126. The Morgan fingerprint density at radius 2 is 0.615 bits per heavy atom. The zero-order valence-electron chi connectivity index (χ0n) is 55.4. The minimum absolute atomic E-state index is 0. The topological polar surface area (TPSA) is 182 Å². The Morgan fingerprint density at radius 1 is 0.354 bits per heavy atom. The highest BCUT2D eigenvalue weighted by atomic mass is 16.2. The molecule has 96 heavy (non-hydrogen) atoms. The summed E-state index contributed by atoms with van der Waals surface area (Å²) in [6.07, 6.45) is 14.7. The quantitative estimate of drug-likeness (QED) is 0.0236. The number of nitrogens with zero attached hydrogens (tertiary/aromatic N) is 7. The van der Waals surface area contributed by atoms with E-state index >= 15 is 0 Å². The number of carbonyl (C=O) groups excluding carboxylic acids is 8. The molecule has 10 aromatic carbocycles. The highest BCUT2D eigenvalue weighted by Gasteiger charge is 2.43. The van der Waals surface area contributed by atoms with Crippen LogP contribution in [-0.2, 0) is 0 Å². The second kappa shape index (κ2) is 25.5. The molecule has 0 spiro atoms. The van der Waals surface area contributed by atoms with E-state index in [0.717, 1.165) is 117 Å². The van der Waals surface area contributed by atoms with Crippen LogP contribution in [0.1, 0.15) is 260 Å². The van der Waals surface area contributed by atoms with Gasteiger partial charge in [0.25, 0.3) is 47.3 Å². The molecule has 0 N–H and O–H groups in total. The maximum absolute atomic E-state index is 14.1. The Kier molecular flexibility index (Phi) is 17.5. The predicted octanol–water partition coefficient (Wildman–Crippen LogP) is 19.7. The number of amides is 8. The van der Waals surface area contributed by atoms with Crippen LogP contribution < -0.4 is 0 Å². The van der Waals surface area contributed by atoms with Gasteiger partial charge in [0.2, 0.25) is 0 Å². The summed E-state index contributed by atoms with van der Waals surface area (Å²) in [5.41, 5.74) is 4.84. The van der Waals surface area contributed by atoms with E-state index in [-0.39, 0.29) is 78.3 Å². The largest absolute Gasteiger partial charge is 0.272 e. The fourth-order valence-electron chi connectivity index (χ4n) is 16.3. The second-order valence-electron chi connectivity index (χ2n) is 26.9. The van der Waals surface area contributed by atoms with Crippen LogP contribution >= 0.6 is 0 Å². The van der Waals surface area contributed by atoms with Crippen molar-refractivity contribution in [2.24, 2.45) is 0 Å². The summed E-state index contributed by atoms with van der Waals surface area (Å²) in [6.45, 7) is 34.5. The Bertz CT molecular complexity index is 5030. The van der Waals surface area contributed by atoms with Crippen molar-refractivity contribution in [1.82, 2.24) is 19.6 Å². The average Bonchev–Trinajstić information content (AvgIpc) is 0.688. The van der Waals surface area contributed by atoms with Gasteiger partial charge in [0, 0.05) is 90.0 Å². The molecule has 15 nitrogen and oxygen atoms in total. The van der Waals surface area contributed by atoms with E-state index in [2.05, 4.69) is 43.5 Å². The summed E-state index contributed by atoms with van der Waals surface area (Å²) in [7, 11) is 0. The Hall–Kier alpha value is -10.2. The molecule has 486 valence electrons. The number of imide groups is 4. The van der Waals surface area contributed by atoms with E-state index in [1.165, 1.54) is 19.6 Å². The summed E-state index contributed by atoms with van der Waals surface area (Å²) >= 11 is 0. The molecule has 15 heteroatoms. The minimum Gasteiger partial charge on any atom is -0.272 e. The molecule has 4 atom stereocenters. The molecular formula is C81H79N7O8.